The summed E-state index contributed by atoms with van der Waals surface area (Å²) in [5.74, 6) is 2.74. The van der Waals surface area contributed by atoms with Crippen LogP contribution >= 0.6 is 11.8 Å². The zero-order valence-electron chi connectivity index (χ0n) is 10.1. The molecule has 0 saturated carbocycles. The van der Waals surface area contributed by atoms with Crippen LogP contribution in [0, 0.1) is 0 Å². The molecular formula is C9H20N4O2S2. The lowest BCUT2D eigenvalue weighted by Crippen LogP contribution is -2.43. The van der Waals surface area contributed by atoms with Gasteiger partial charge in [0.15, 0.2) is 5.96 Å². The van der Waals surface area contributed by atoms with Gasteiger partial charge >= 0.3 is 0 Å². The number of hydrogen-bond donors (Lipinski definition) is 2. The smallest absolute Gasteiger partial charge is 0.211 e. The summed E-state index contributed by atoms with van der Waals surface area (Å²) < 4.78 is 24.7. The maximum Gasteiger partial charge on any atom is 0.211 e. The fourth-order valence-corrected chi connectivity index (χ4v) is 2.88. The molecule has 1 saturated heterocycles. The lowest BCUT2D eigenvalue weighted by atomic mass is 10.5. The standard InChI is InChI=1S/C9H20N4O2S2/c1-2-17(14,15)12-4-3-11-9(10)13-5-7-16-8-6-13/h12H,2-8H2,1H3,(H2,10,11). The number of nitrogens with one attached hydrogen (secondary N) is 1. The van der Waals surface area contributed by atoms with Crippen molar-refractivity contribution in [1.29, 1.82) is 0 Å². The van der Waals surface area contributed by atoms with E-state index in [2.05, 4.69) is 9.71 Å². The molecule has 100 valence electrons. The summed E-state index contributed by atoms with van der Waals surface area (Å²) in [5, 5.41) is 0. The van der Waals surface area contributed by atoms with Crippen molar-refractivity contribution in [3.63, 3.8) is 0 Å². The van der Waals surface area contributed by atoms with Crippen LogP contribution < -0.4 is 10.5 Å². The molecule has 0 radical (unpaired) electrons. The molecule has 0 atom stereocenters. The van der Waals surface area contributed by atoms with E-state index in [0.717, 1.165) is 24.6 Å². The zero-order chi connectivity index (χ0) is 12.7. The molecule has 8 heteroatoms. The van der Waals surface area contributed by atoms with Gasteiger partial charge in [-0.15, -0.1) is 0 Å². The Bertz CT molecular complexity index is 350. The largest absolute Gasteiger partial charge is 0.370 e. The van der Waals surface area contributed by atoms with Gasteiger partial charge in [-0.25, -0.2) is 13.1 Å². The molecule has 1 heterocycles. The maximum absolute atomic E-state index is 11.1. The van der Waals surface area contributed by atoms with Crippen LogP contribution in [0.1, 0.15) is 6.92 Å². The van der Waals surface area contributed by atoms with Gasteiger partial charge in [-0.1, -0.05) is 0 Å². The van der Waals surface area contributed by atoms with Crippen LogP contribution in [0.5, 0.6) is 0 Å². The molecule has 0 spiro atoms. The quantitative estimate of drug-likeness (QED) is 0.394. The van der Waals surface area contributed by atoms with Crippen LogP contribution in [0.2, 0.25) is 0 Å². The van der Waals surface area contributed by atoms with Crippen molar-refractivity contribution < 1.29 is 8.42 Å². The van der Waals surface area contributed by atoms with E-state index in [4.69, 9.17) is 5.73 Å². The Morgan fingerprint density at radius 2 is 2.12 bits per heavy atom. The third-order valence-electron chi connectivity index (χ3n) is 2.42. The average molecular weight is 280 g/mol. The number of nitrogens with two attached hydrogens (primary N) is 1. The second-order valence-corrected chi connectivity index (χ2v) is 6.96. The molecule has 1 aliphatic heterocycles. The predicted octanol–water partition coefficient (Wildman–Crippen LogP) is -0.711. The van der Waals surface area contributed by atoms with Crippen LogP contribution in [0.3, 0.4) is 0 Å². The molecule has 0 bridgehead atoms. The number of thioether (sulfide) groups is 1. The molecule has 1 rings (SSSR count). The highest BCUT2D eigenvalue weighted by atomic mass is 32.2. The number of hydrogen-bond acceptors (Lipinski definition) is 4. The minimum absolute atomic E-state index is 0.0928. The lowest BCUT2D eigenvalue weighted by Gasteiger charge is -2.27. The van der Waals surface area contributed by atoms with E-state index in [1.165, 1.54) is 0 Å². The highest BCUT2D eigenvalue weighted by molar-refractivity contribution is 7.99. The van der Waals surface area contributed by atoms with E-state index < -0.39 is 10.0 Å². The fourth-order valence-electron chi connectivity index (χ4n) is 1.37. The average Bonchev–Trinajstić information content (AvgIpc) is 2.35. The van der Waals surface area contributed by atoms with Crippen molar-refractivity contribution in [2.45, 2.75) is 6.92 Å². The molecule has 0 unspecified atom stereocenters. The first-order valence-electron chi connectivity index (χ1n) is 5.65. The second-order valence-electron chi connectivity index (χ2n) is 3.64. The number of guanidine groups is 1. The predicted molar refractivity (Wildman–Crippen MR) is 72.9 cm³/mol. The van der Waals surface area contributed by atoms with Gasteiger partial charge in [-0.2, -0.15) is 11.8 Å². The summed E-state index contributed by atoms with van der Waals surface area (Å²) in [5.41, 5.74) is 5.82. The Labute approximate surface area is 107 Å². The summed E-state index contributed by atoms with van der Waals surface area (Å²) in [4.78, 5) is 6.20. The summed E-state index contributed by atoms with van der Waals surface area (Å²) in [6.45, 7) is 4.13. The molecule has 0 amide bonds. The lowest BCUT2D eigenvalue weighted by molar-refractivity contribution is 0.456. The maximum atomic E-state index is 11.1. The monoisotopic (exact) mass is 280 g/mol. The normalized spacial score (nSPS) is 18.4. The van der Waals surface area contributed by atoms with E-state index in [0.29, 0.717) is 19.0 Å². The van der Waals surface area contributed by atoms with E-state index >= 15 is 0 Å². The molecule has 0 aromatic heterocycles. The van der Waals surface area contributed by atoms with E-state index in [1.807, 2.05) is 16.7 Å². The number of aliphatic imine (C=N–C) groups is 1. The van der Waals surface area contributed by atoms with Crippen molar-refractivity contribution in [1.82, 2.24) is 9.62 Å². The second kappa shape index (κ2) is 7.07. The highest BCUT2D eigenvalue weighted by Crippen LogP contribution is 2.08. The minimum atomic E-state index is -3.12. The SMILES string of the molecule is CCS(=O)(=O)NCCN=C(N)N1CCSCC1. The van der Waals surface area contributed by atoms with E-state index in [1.54, 1.807) is 6.92 Å². The number of sulfonamides is 1. The molecule has 0 aromatic carbocycles. The summed E-state index contributed by atoms with van der Waals surface area (Å²) in [6.07, 6.45) is 0. The topological polar surface area (TPSA) is 87.8 Å². The Morgan fingerprint density at radius 3 is 2.71 bits per heavy atom. The fraction of sp³-hybridized carbons (Fsp3) is 0.889. The Hall–Kier alpha value is -0.470. The van der Waals surface area contributed by atoms with Crippen molar-refractivity contribution >= 4 is 27.7 Å². The first-order chi connectivity index (χ1) is 8.05. The van der Waals surface area contributed by atoms with Crippen molar-refractivity contribution in [2.24, 2.45) is 10.7 Å². The third kappa shape index (κ3) is 5.60. The first-order valence-corrected chi connectivity index (χ1v) is 8.46. The molecule has 1 aliphatic rings. The van der Waals surface area contributed by atoms with Gasteiger partial charge in [0, 0.05) is 31.1 Å². The summed E-state index contributed by atoms with van der Waals surface area (Å²) in [6, 6.07) is 0. The Morgan fingerprint density at radius 1 is 1.47 bits per heavy atom. The summed E-state index contributed by atoms with van der Waals surface area (Å²) >= 11 is 1.91. The van der Waals surface area contributed by atoms with Crippen LogP contribution in [0.15, 0.2) is 4.99 Å². The van der Waals surface area contributed by atoms with Gasteiger partial charge in [0.25, 0.3) is 0 Å². The molecule has 0 aromatic rings. The van der Waals surface area contributed by atoms with Crippen molar-refractivity contribution in [3.05, 3.63) is 0 Å². The van der Waals surface area contributed by atoms with Gasteiger partial charge in [-0.3, -0.25) is 4.99 Å². The van der Waals surface area contributed by atoms with Crippen molar-refractivity contribution in [3.8, 4) is 0 Å². The van der Waals surface area contributed by atoms with Crippen LogP contribution in [0.4, 0.5) is 0 Å². The van der Waals surface area contributed by atoms with E-state index in [9.17, 15) is 8.42 Å². The van der Waals surface area contributed by atoms with Gasteiger partial charge in [0.2, 0.25) is 10.0 Å². The van der Waals surface area contributed by atoms with Gasteiger partial charge < -0.3 is 10.6 Å². The molecular weight excluding hydrogens is 260 g/mol. The van der Waals surface area contributed by atoms with Crippen LogP contribution in [-0.2, 0) is 10.0 Å². The zero-order valence-corrected chi connectivity index (χ0v) is 11.7. The number of rotatable bonds is 5. The summed E-state index contributed by atoms with van der Waals surface area (Å²) in [7, 11) is -3.12. The van der Waals surface area contributed by atoms with Gasteiger partial charge in [0.1, 0.15) is 0 Å². The molecule has 1 fully saturated rings. The third-order valence-corrected chi connectivity index (χ3v) is 4.77. The molecule has 6 nitrogen and oxygen atoms in total. The van der Waals surface area contributed by atoms with Gasteiger partial charge in [0.05, 0.1) is 12.3 Å². The van der Waals surface area contributed by atoms with Crippen molar-refractivity contribution in [2.75, 3.05) is 43.4 Å². The Balaban J connectivity index is 2.28. The van der Waals surface area contributed by atoms with Crippen LogP contribution in [-0.4, -0.2) is 62.7 Å². The molecule has 17 heavy (non-hydrogen) atoms. The van der Waals surface area contributed by atoms with Gasteiger partial charge in [-0.05, 0) is 6.92 Å². The minimum Gasteiger partial charge on any atom is -0.370 e. The number of nitrogens with zero attached hydrogens (tertiary/aromatic N) is 2. The molecule has 0 aliphatic carbocycles. The van der Waals surface area contributed by atoms with Crippen LogP contribution in [0.25, 0.3) is 0 Å². The van der Waals surface area contributed by atoms with E-state index in [-0.39, 0.29) is 5.75 Å². The first kappa shape index (κ1) is 14.6. The Kier molecular flexibility index (Phi) is 6.07. The molecule has 3 N–H and O–H groups in total. The highest BCUT2D eigenvalue weighted by Gasteiger charge is 2.11.